The highest BCUT2D eigenvalue weighted by Crippen LogP contribution is 2.34. The van der Waals surface area contributed by atoms with E-state index in [1.165, 1.54) is 22.0 Å². The van der Waals surface area contributed by atoms with Crippen LogP contribution in [0.2, 0.25) is 0 Å². The molecule has 0 N–H and O–H groups in total. The molecule has 1 aliphatic carbocycles. The maximum atomic E-state index is 12.9. The normalized spacial score (nSPS) is 16.0. The third kappa shape index (κ3) is 1.75. The summed E-state index contributed by atoms with van der Waals surface area (Å²) in [4.78, 5) is 30.0. The summed E-state index contributed by atoms with van der Waals surface area (Å²) in [5.41, 5.74) is 2.60. The molecular weight excluding hydrogens is 306 g/mol. The molecule has 1 aliphatic rings. The van der Waals surface area contributed by atoms with Gasteiger partial charge in [0.05, 0.1) is 0 Å². The van der Waals surface area contributed by atoms with Crippen molar-refractivity contribution in [1.82, 2.24) is 23.1 Å². The molecule has 0 unspecified atom stereocenters. The van der Waals surface area contributed by atoms with Gasteiger partial charge in [-0.05, 0) is 33.6 Å². The van der Waals surface area contributed by atoms with Crippen LogP contribution in [-0.4, -0.2) is 23.1 Å². The fourth-order valence-corrected chi connectivity index (χ4v) is 4.15. The van der Waals surface area contributed by atoms with Crippen LogP contribution >= 0.6 is 0 Å². The second-order valence-electron chi connectivity index (χ2n) is 6.79. The molecule has 7 nitrogen and oxygen atoms in total. The standard InChI is InChI=1S/C17H23N5O2/c1-5-20-15(23)13-14(19(4)17(20)24)18-16-21(12-8-6-7-9-12)10(2)11(3)22(13)16/h12H,5-9H2,1-4H3. The van der Waals surface area contributed by atoms with E-state index in [-0.39, 0.29) is 11.2 Å². The summed E-state index contributed by atoms with van der Waals surface area (Å²) < 4.78 is 6.97. The molecule has 0 aromatic carbocycles. The van der Waals surface area contributed by atoms with Gasteiger partial charge in [-0.3, -0.25) is 18.3 Å². The number of hydrogen-bond donors (Lipinski definition) is 0. The van der Waals surface area contributed by atoms with E-state index in [0.717, 1.165) is 30.0 Å². The molecule has 0 amide bonds. The maximum absolute atomic E-state index is 12.9. The summed E-state index contributed by atoms with van der Waals surface area (Å²) in [7, 11) is 1.69. The fourth-order valence-electron chi connectivity index (χ4n) is 4.15. The highest BCUT2D eigenvalue weighted by molar-refractivity contribution is 5.76. The Morgan fingerprint density at radius 1 is 1.12 bits per heavy atom. The van der Waals surface area contributed by atoms with Crippen LogP contribution in [0.4, 0.5) is 0 Å². The third-order valence-electron chi connectivity index (χ3n) is 5.57. The van der Waals surface area contributed by atoms with Crippen LogP contribution in [0.1, 0.15) is 50.0 Å². The Kier molecular flexibility index (Phi) is 3.23. The monoisotopic (exact) mass is 329 g/mol. The lowest BCUT2D eigenvalue weighted by Crippen LogP contribution is -2.38. The number of nitrogens with zero attached hydrogens (tertiary/aromatic N) is 5. The Labute approximate surface area is 139 Å². The largest absolute Gasteiger partial charge is 0.332 e. The van der Waals surface area contributed by atoms with Crippen LogP contribution in [0.3, 0.4) is 0 Å². The molecule has 1 saturated carbocycles. The Morgan fingerprint density at radius 2 is 1.79 bits per heavy atom. The van der Waals surface area contributed by atoms with Crippen molar-refractivity contribution in [3.8, 4) is 0 Å². The van der Waals surface area contributed by atoms with Gasteiger partial charge in [-0.15, -0.1) is 0 Å². The fraction of sp³-hybridized carbons (Fsp3) is 0.588. The number of fused-ring (bicyclic) bond motifs is 3. The molecule has 7 heteroatoms. The van der Waals surface area contributed by atoms with Crippen molar-refractivity contribution >= 4 is 16.9 Å². The van der Waals surface area contributed by atoms with Crippen LogP contribution < -0.4 is 11.2 Å². The summed E-state index contributed by atoms with van der Waals surface area (Å²) in [6.45, 7) is 6.29. The third-order valence-corrected chi connectivity index (χ3v) is 5.57. The molecule has 0 spiro atoms. The summed E-state index contributed by atoms with van der Waals surface area (Å²) >= 11 is 0. The van der Waals surface area contributed by atoms with Gasteiger partial charge in [-0.1, -0.05) is 12.8 Å². The minimum Gasteiger partial charge on any atom is -0.311 e. The van der Waals surface area contributed by atoms with Crippen molar-refractivity contribution in [2.24, 2.45) is 7.05 Å². The second kappa shape index (κ2) is 5.09. The van der Waals surface area contributed by atoms with E-state index in [9.17, 15) is 9.59 Å². The van der Waals surface area contributed by atoms with Crippen molar-refractivity contribution in [1.29, 1.82) is 0 Å². The van der Waals surface area contributed by atoms with Crippen molar-refractivity contribution in [2.45, 2.75) is 59.0 Å². The van der Waals surface area contributed by atoms with Gasteiger partial charge >= 0.3 is 5.69 Å². The van der Waals surface area contributed by atoms with E-state index < -0.39 is 0 Å². The molecule has 4 rings (SSSR count). The summed E-state index contributed by atoms with van der Waals surface area (Å²) in [6.07, 6.45) is 4.75. The first-order chi connectivity index (χ1) is 11.5. The topological polar surface area (TPSA) is 66.2 Å². The van der Waals surface area contributed by atoms with Gasteiger partial charge in [-0.25, -0.2) is 4.79 Å². The molecule has 3 aromatic heterocycles. The average molecular weight is 329 g/mol. The second-order valence-corrected chi connectivity index (χ2v) is 6.79. The molecule has 1 fully saturated rings. The predicted molar refractivity (Wildman–Crippen MR) is 92.8 cm³/mol. The molecule has 0 bridgehead atoms. The van der Waals surface area contributed by atoms with Crippen LogP contribution in [-0.2, 0) is 13.6 Å². The first-order valence-electron chi connectivity index (χ1n) is 8.66. The highest BCUT2D eigenvalue weighted by Gasteiger charge is 2.26. The Morgan fingerprint density at radius 3 is 2.42 bits per heavy atom. The van der Waals surface area contributed by atoms with Gasteiger partial charge < -0.3 is 4.57 Å². The molecule has 3 heterocycles. The van der Waals surface area contributed by atoms with E-state index >= 15 is 0 Å². The minimum atomic E-state index is -0.308. The Bertz CT molecular complexity index is 1070. The number of imidazole rings is 2. The first kappa shape index (κ1) is 15.2. The van der Waals surface area contributed by atoms with Crippen molar-refractivity contribution < 1.29 is 0 Å². The van der Waals surface area contributed by atoms with Crippen molar-refractivity contribution in [2.75, 3.05) is 0 Å². The molecular formula is C17H23N5O2. The highest BCUT2D eigenvalue weighted by atomic mass is 16.2. The zero-order valence-electron chi connectivity index (χ0n) is 14.7. The van der Waals surface area contributed by atoms with Crippen LogP contribution in [0.15, 0.2) is 9.59 Å². The number of rotatable bonds is 2. The smallest absolute Gasteiger partial charge is 0.311 e. The summed E-state index contributed by atoms with van der Waals surface area (Å²) in [5.74, 6) is 0.785. The molecule has 0 aliphatic heterocycles. The van der Waals surface area contributed by atoms with E-state index in [1.54, 1.807) is 7.05 Å². The van der Waals surface area contributed by atoms with E-state index in [0.29, 0.717) is 23.8 Å². The van der Waals surface area contributed by atoms with Gasteiger partial charge in [0.15, 0.2) is 11.2 Å². The molecule has 0 atom stereocenters. The van der Waals surface area contributed by atoms with Gasteiger partial charge in [0.1, 0.15) is 0 Å². The lowest BCUT2D eigenvalue weighted by Gasteiger charge is -2.13. The summed E-state index contributed by atoms with van der Waals surface area (Å²) in [6, 6.07) is 0.434. The lowest BCUT2D eigenvalue weighted by molar-refractivity contribution is 0.520. The number of aromatic nitrogens is 5. The first-order valence-corrected chi connectivity index (χ1v) is 8.66. The van der Waals surface area contributed by atoms with E-state index in [2.05, 4.69) is 11.5 Å². The zero-order chi connectivity index (χ0) is 17.2. The van der Waals surface area contributed by atoms with Crippen molar-refractivity contribution in [3.63, 3.8) is 0 Å². The van der Waals surface area contributed by atoms with Crippen LogP contribution in [0.5, 0.6) is 0 Å². The van der Waals surface area contributed by atoms with Gasteiger partial charge in [-0.2, -0.15) is 4.98 Å². The average Bonchev–Trinajstić information content (AvgIpc) is 3.25. The lowest BCUT2D eigenvalue weighted by atomic mass is 10.2. The Hall–Kier alpha value is -2.31. The molecule has 0 saturated heterocycles. The molecule has 128 valence electrons. The number of hydrogen-bond acceptors (Lipinski definition) is 3. The van der Waals surface area contributed by atoms with Crippen LogP contribution in [0, 0.1) is 13.8 Å². The van der Waals surface area contributed by atoms with Gasteiger partial charge in [0.25, 0.3) is 5.56 Å². The predicted octanol–water partition coefficient (Wildman–Crippen LogP) is 1.90. The summed E-state index contributed by atoms with van der Waals surface area (Å²) in [5, 5.41) is 0. The van der Waals surface area contributed by atoms with Gasteiger partial charge in [0.2, 0.25) is 5.78 Å². The molecule has 0 radical (unpaired) electrons. The molecule has 3 aromatic rings. The number of aryl methyl sites for hydroxylation is 2. The quantitative estimate of drug-likeness (QED) is 0.721. The maximum Gasteiger partial charge on any atom is 0.332 e. The van der Waals surface area contributed by atoms with Crippen molar-refractivity contribution in [3.05, 3.63) is 32.2 Å². The van der Waals surface area contributed by atoms with E-state index in [1.807, 2.05) is 18.2 Å². The Balaban J connectivity index is 2.20. The van der Waals surface area contributed by atoms with E-state index in [4.69, 9.17) is 4.98 Å². The molecule has 24 heavy (non-hydrogen) atoms. The zero-order valence-corrected chi connectivity index (χ0v) is 14.7. The minimum absolute atomic E-state index is 0.255. The SMILES string of the molecule is CCn1c(=O)c2c(nc3n(C4CCCC4)c(C)c(C)n23)n(C)c1=O. The van der Waals surface area contributed by atoms with Crippen LogP contribution in [0.25, 0.3) is 16.9 Å². The van der Waals surface area contributed by atoms with Gasteiger partial charge in [0, 0.05) is 31.0 Å².